The lowest BCUT2D eigenvalue weighted by molar-refractivity contribution is -0.385. The summed E-state index contributed by atoms with van der Waals surface area (Å²) in [4.78, 5) is 65.4. The van der Waals surface area contributed by atoms with Crippen molar-refractivity contribution in [3.05, 3.63) is 108 Å². The quantitative estimate of drug-likeness (QED) is 0.102. The zero-order chi connectivity index (χ0) is 27.7. The summed E-state index contributed by atoms with van der Waals surface area (Å²) in [6, 6.07) is 11.7. The van der Waals surface area contributed by atoms with E-state index >= 15 is 0 Å². The fourth-order valence-electron chi connectivity index (χ4n) is 4.01. The summed E-state index contributed by atoms with van der Waals surface area (Å²) in [5, 5.41) is 13.2. The van der Waals surface area contributed by atoms with Crippen LogP contribution >= 0.6 is 46.4 Å². The molecule has 0 saturated carbocycles. The standard InChI is InChI=1S/C25H15Cl4N3O6/c26-11-10-20(22(33)13-4-7-15(27)8-5-13)30(23(34)14-6-9-17(28)18(29)12-14)31-24(35)16-2-1-3-19(32(37)38)21(16)25(31)36/h1-9,12,20H,10-11H2/t20-/m0/s1. The van der Waals surface area contributed by atoms with Crippen LogP contribution in [0.1, 0.15) is 47.9 Å². The number of amides is 3. The molecular weight excluding hydrogens is 580 g/mol. The largest absolute Gasteiger partial charge is 0.292 e. The van der Waals surface area contributed by atoms with Crippen LogP contribution in [0.3, 0.4) is 0 Å². The molecule has 0 aromatic heterocycles. The number of imide groups is 1. The molecule has 3 aromatic rings. The molecule has 3 aromatic carbocycles. The summed E-state index contributed by atoms with van der Waals surface area (Å²) < 4.78 is 0. The van der Waals surface area contributed by atoms with Gasteiger partial charge in [-0.05, 0) is 55.0 Å². The normalized spacial score (nSPS) is 13.3. The Kier molecular flexibility index (Phi) is 8.03. The third-order valence-electron chi connectivity index (χ3n) is 5.77. The van der Waals surface area contributed by atoms with Crippen molar-refractivity contribution >= 4 is 75.6 Å². The second-order valence-electron chi connectivity index (χ2n) is 8.02. The number of hydrogen-bond acceptors (Lipinski definition) is 6. The van der Waals surface area contributed by atoms with Gasteiger partial charge in [-0.3, -0.25) is 29.3 Å². The maximum absolute atomic E-state index is 13.9. The number of rotatable bonds is 8. The minimum Gasteiger partial charge on any atom is -0.292 e. The van der Waals surface area contributed by atoms with E-state index in [0.717, 1.165) is 6.07 Å². The summed E-state index contributed by atoms with van der Waals surface area (Å²) in [5.41, 5.74) is -1.39. The van der Waals surface area contributed by atoms with Gasteiger partial charge in [-0.2, -0.15) is 5.01 Å². The number of Topliss-reactive ketones (excluding diaryl/α,β-unsaturated/α-hetero) is 1. The number of fused-ring (bicyclic) bond motifs is 1. The van der Waals surface area contributed by atoms with Crippen LogP contribution in [0, 0.1) is 10.1 Å². The lowest BCUT2D eigenvalue weighted by Crippen LogP contribution is -2.57. The van der Waals surface area contributed by atoms with E-state index < -0.39 is 45.7 Å². The molecule has 3 amide bonds. The van der Waals surface area contributed by atoms with E-state index in [1.807, 2.05) is 0 Å². The van der Waals surface area contributed by atoms with Gasteiger partial charge < -0.3 is 0 Å². The van der Waals surface area contributed by atoms with Crippen molar-refractivity contribution in [2.75, 3.05) is 5.88 Å². The number of carbonyl (C=O) groups excluding carboxylic acids is 4. The number of nitrogens with zero attached hydrogens (tertiary/aromatic N) is 3. The fraction of sp³-hybridized carbons (Fsp3) is 0.120. The Labute approximate surface area is 235 Å². The Morgan fingerprint density at radius 2 is 1.58 bits per heavy atom. The lowest BCUT2D eigenvalue weighted by atomic mass is 10.0. The maximum Gasteiger partial charge on any atom is 0.287 e. The Balaban J connectivity index is 1.90. The number of hydrogen-bond donors (Lipinski definition) is 0. The Bertz CT molecular complexity index is 1490. The third kappa shape index (κ3) is 4.98. The second-order valence-corrected chi connectivity index (χ2v) is 9.65. The first-order valence-electron chi connectivity index (χ1n) is 10.9. The van der Waals surface area contributed by atoms with E-state index in [1.165, 1.54) is 54.6 Å². The van der Waals surface area contributed by atoms with E-state index in [0.29, 0.717) is 15.0 Å². The van der Waals surface area contributed by atoms with Crippen LogP contribution in [0.4, 0.5) is 5.69 Å². The summed E-state index contributed by atoms with van der Waals surface area (Å²) in [6.07, 6.45) is -0.175. The summed E-state index contributed by atoms with van der Waals surface area (Å²) in [7, 11) is 0. The molecule has 0 unspecified atom stereocenters. The van der Waals surface area contributed by atoms with Crippen LogP contribution in [0.25, 0.3) is 0 Å². The first kappa shape index (κ1) is 27.5. The topological polar surface area (TPSA) is 118 Å². The first-order chi connectivity index (χ1) is 18.1. The highest BCUT2D eigenvalue weighted by Gasteiger charge is 2.48. The zero-order valence-electron chi connectivity index (χ0n) is 19.1. The van der Waals surface area contributed by atoms with E-state index in [4.69, 9.17) is 46.4 Å². The maximum atomic E-state index is 13.9. The van der Waals surface area contributed by atoms with Crippen molar-refractivity contribution < 1.29 is 24.1 Å². The van der Waals surface area contributed by atoms with E-state index in [9.17, 15) is 29.3 Å². The van der Waals surface area contributed by atoms with Crippen LogP contribution in [0.5, 0.6) is 0 Å². The number of carbonyl (C=O) groups is 4. The molecule has 194 valence electrons. The van der Waals surface area contributed by atoms with Gasteiger partial charge in [0.05, 0.1) is 20.5 Å². The van der Waals surface area contributed by atoms with Gasteiger partial charge in [0.15, 0.2) is 5.78 Å². The molecule has 38 heavy (non-hydrogen) atoms. The molecule has 0 saturated heterocycles. The van der Waals surface area contributed by atoms with Crippen molar-refractivity contribution in [2.24, 2.45) is 0 Å². The van der Waals surface area contributed by atoms with E-state index in [1.54, 1.807) is 0 Å². The predicted molar refractivity (Wildman–Crippen MR) is 141 cm³/mol. The van der Waals surface area contributed by atoms with Gasteiger partial charge in [0.25, 0.3) is 23.4 Å². The van der Waals surface area contributed by atoms with Crippen LogP contribution in [-0.4, -0.2) is 50.4 Å². The van der Waals surface area contributed by atoms with Gasteiger partial charge in [0.2, 0.25) is 0 Å². The number of hydrazine groups is 1. The molecule has 13 heteroatoms. The SMILES string of the molecule is O=C(c1ccc(Cl)cc1)[C@H](CCCl)N(C(=O)c1ccc(Cl)c(Cl)c1)N1C(=O)c2cccc([N+](=O)[O-])c2C1=O. The Hall–Kier alpha value is -3.50. The Morgan fingerprint density at radius 3 is 2.18 bits per heavy atom. The van der Waals surface area contributed by atoms with Gasteiger partial charge in [-0.25, -0.2) is 5.01 Å². The molecule has 0 radical (unpaired) electrons. The molecule has 1 aliphatic rings. The molecule has 0 bridgehead atoms. The molecule has 0 N–H and O–H groups in total. The summed E-state index contributed by atoms with van der Waals surface area (Å²) >= 11 is 24.0. The highest BCUT2D eigenvalue weighted by atomic mass is 35.5. The highest BCUT2D eigenvalue weighted by molar-refractivity contribution is 6.42. The monoisotopic (exact) mass is 593 g/mol. The van der Waals surface area contributed by atoms with E-state index in [-0.39, 0.29) is 39.0 Å². The number of alkyl halides is 1. The summed E-state index contributed by atoms with van der Waals surface area (Å²) in [5.74, 6) is -3.92. The Morgan fingerprint density at radius 1 is 0.921 bits per heavy atom. The highest BCUT2D eigenvalue weighted by Crippen LogP contribution is 2.34. The summed E-state index contributed by atoms with van der Waals surface area (Å²) in [6.45, 7) is 0. The number of halogens is 4. The predicted octanol–water partition coefficient (Wildman–Crippen LogP) is 6.09. The number of ketones is 1. The third-order valence-corrected chi connectivity index (χ3v) is 6.98. The minimum absolute atomic E-state index is 0.00777. The average molecular weight is 595 g/mol. The van der Waals surface area contributed by atoms with Crippen LogP contribution in [0.15, 0.2) is 60.7 Å². The average Bonchev–Trinajstić information content (AvgIpc) is 3.15. The fourth-order valence-corrected chi connectivity index (χ4v) is 4.64. The van der Waals surface area contributed by atoms with Crippen LogP contribution < -0.4 is 0 Å². The molecule has 0 fully saturated rings. The van der Waals surface area contributed by atoms with Crippen molar-refractivity contribution in [2.45, 2.75) is 12.5 Å². The van der Waals surface area contributed by atoms with Gasteiger partial charge in [0, 0.05) is 28.1 Å². The minimum atomic E-state index is -1.46. The van der Waals surface area contributed by atoms with E-state index in [2.05, 4.69) is 0 Å². The van der Waals surface area contributed by atoms with Gasteiger partial charge in [-0.1, -0.05) is 40.9 Å². The molecular formula is C25H15Cl4N3O6. The number of nitro groups is 1. The van der Waals surface area contributed by atoms with Crippen LogP contribution in [0.2, 0.25) is 15.1 Å². The van der Waals surface area contributed by atoms with Gasteiger partial charge >= 0.3 is 0 Å². The van der Waals surface area contributed by atoms with Gasteiger partial charge in [-0.15, -0.1) is 11.6 Å². The second kappa shape index (κ2) is 11.1. The van der Waals surface area contributed by atoms with Crippen LogP contribution in [-0.2, 0) is 0 Å². The van der Waals surface area contributed by atoms with Gasteiger partial charge in [0.1, 0.15) is 11.6 Å². The van der Waals surface area contributed by atoms with Crippen molar-refractivity contribution in [3.8, 4) is 0 Å². The zero-order valence-corrected chi connectivity index (χ0v) is 22.1. The van der Waals surface area contributed by atoms with Crippen molar-refractivity contribution in [3.63, 3.8) is 0 Å². The molecule has 9 nitrogen and oxygen atoms in total. The number of nitro benzene ring substituents is 1. The molecule has 0 aliphatic carbocycles. The number of benzene rings is 3. The van der Waals surface area contributed by atoms with Crippen molar-refractivity contribution in [1.29, 1.82) is 0 Å². The van der Waals surface area contributed by atoms with Crippen molar-refractivity contribution in [1.82, 2.24) is 10.0 Å². The molecule has 0 spiro atoms. The molecule has 1 heterocycles. The lowest BCUT2D eigenvalue weighted by Gasteiger charge is -2.36. The smallest absolute Gasteiger partial charge is 0.287 e. The molecule has 1 aliphatic heterocycles. The molecule has 1 atom stereocenters. The first-order valence-corrected chi connectivity index (χ1v) is 12.5. The molecule has 4 rings (SSSR count).